The fraction of sp³-hybridized carbons (Fsp3) is 0.579. The van der Waals surface area contributed by atoms with Crippen molar-refractivity contribution >= 4 is 23.2 Å². The number of anilines is 2. The fourth-order valence-corrected chi connectivity index (χ4v) is 3.51. The van der Waals surface area contributed by atoms with Crippen LogP contribution in [-0.2, 0) is 9.59 Å². The largest absolute Gasteiger partial charge is 0.369 e. The second-order valence-corrected chi connectivity index (χ2v) is 7.10. The lowest BCUT2D eigenvalue weighted by atomic mass is 9.95. The molecule has 3 rings (SSSR count). The molecule has 1 saturated heterocycles. The summed E-state index contributed by atoms with van der Waals surface area (Å²) in [5.74, 6) is -1.12. The van der Waals surface area contributed by atoms with Crippen molar-refractivity contribution in [2.75, 3.05) is 43.4 Å². The summed E-state index contributed by atoms with van der Waals surface area (Å²) in [6.07, 6.45) is 5.41. The summed E-state index contributed by atoms with van der Waals surface area (Å²) in [5, 5.41) is 5.53. The van der Waals surface area contributed by atoms with Crippen LogP contribution in [0, 0.1) is 0 Å². The maximum absolute atomic E-state index is 12.1. The Morgan fingerprint density at radius 1 is 0.920 bits per heavy atom. The first-order chi connectivity index (χ1) is 12.1. The number of amides is 2. The van der Waals surface area contributed by atoms with E-state index in [-0.39, 0.29) is 6.04 Å². The van der Waals surface area contributed by atoms with E-state index < -0.39 is 11.8 Å². The van der Waals surface area contributed by atoms with Crippen LogP contribution in [0.1, 0.15) is 32.1 Å². The van der Waals surface area contributed by atoms with Gasteiger partial charge in [-0.3, -0.25) is 9.59 Å². The van der Waals surface area contributed by atoms with Gasteiger partial charge in [0.1, 0.15) is 0 Å². The summed E-state index contributed by atoms with van der Waals surface area (Å²) < 4.78 is 0. The molecule has 25 heavy (non-hydrogen) atoms. The summed E-state index contributed by atoms with van der Waals surface area (Å²) >= 11 is 0. The van der Waals surface area contributed by atoms with Gasteiger partial charge in [0, 0.05) is 43.6 Å². The van der Waals surface area contributed by atoms with Gasteiger partial charge in [0.05, 0.1) is 0 Å². The molecular weight excluding hydrogens is 316 g/mol. The fourth-order valence-electron chi connectivity index (χ4n) is 3.51. The van der Waals surface area contributed by atoms with Crippen molar-refractivity contribution in [3.05, 3.63) is 24.3 Å². The van der Waals surface area contributed by atoms with Gasteiger partial charge in [0.2, 0.25) is 0 Å². The van der Waals surface area contributed by atoms with Crippen molar-refractivity contribution < 1.29 is 9.59 Å². The van der Waals surface area contributed by atoms with Gasteiger partial charge in [-0.2, -0.15) is 0 Å². The molecule has 0 unspecified atom stereocenters. The number of benzene rings is 1. The Morgan fingerprint density at radius 3 is 2.20 bits per heavy atom. The summed E-state index contributed by atoms with van der Waals surface area (Å²) in [6, 6.07) is 7.87. The quantitative estimate of drug-likeness (QED) is 0.821. The van der Waals surface area contributed by atoms with E-state index in [1.807, 2.05) is 24.3 Å². The average molecular weight is 344 g/mol. The van der Waals surface area contributed by atoms with E-state index in [4.69, 9.17) is 0 Å². The molecule has 6 heteroatoms. The molecule has 1 heterocycles. The molecule has 0 radical (unpaired) electrons. The van der Waals surface area contributed by atoms with Gasteiger partial charge in [-0.1, -0.05) is 19.3 Å². The zero-order valence-corrected chi connectivity index (χ0v) is 15.0. The molecule has 0 atom stereocenters. The highest BCUT2D eigenvalue weighted by molar-refractivity contribution is 6.39. The van der Waals surface area contributed by atoms with Gasteiger partial charge < -0.3 is 20.4 Å². The third kappa shape index (κ3) is 4.95. The minimum absolute atomic E-state index is 0.145. The highest BCUT2D eigenvalue weighted by Gasteiger charge is 2.20. The Hall–Kier alpha value is -2.08. The number of likely N-dealkylation sites (N-methyl/N-ethyl adjacent to an activating group) is 1. The molecule has 2 aliphatic rings. The van der Waals surface area contributed by atoms with Gasteiger partial charge in [0.15, 0.2) is 0 Å². The number of piperazine rings is 1. The summed E-state index contributed by atoms with van der Waals surface area (Å²) in [6.45, 7) is 4.12. The first-order valence-electron chi connectivity index (χ1n) is 9.27. The molecule has 1 aromatic carbocycles. The second kappa shape index (κ2) is 8.34. The van der Waals surface area contributed by atoms with E-state index in [2.05, 4.69) is 27.5 Å². The smallest absolute Gasteiger partial charge is 0.313 e. The summed E-state index contributed by atoms with van der Waals surface area (Å²) in [5.41, 5.74) is 1.81. The van der Waals surface area contributed by atoms with Crippen molar-refractivity contribution in [2.24, 2.45) is 0 Å². The van der Waals surface area contributed by atoms with Gasteiger partial charge in [-0.05, 0) is 44.2 Å². The van der Waals surface area contributed by atoms with E-state index >= 15 is 0 Å². The number of nitrogens with zero attached hydrogens (tertiary/aromatic N) is 2. The molecule has 0 bridgehead atoms. The van der Waals surface area contributed by atoms with Crippen LogP contribution >= 0.6 is 0 Å². The Labute approximate surface area is 149 Å². The SMILES string of the molecule is CN1CCN(c2ccc(NC(=O)C(=O)NC3CCCCC3)cc2)CC1. The highest BCUT2D eigenvalue weighted by atomic mass is 16.2. The monoisotopic (exact) mass is 344 g/mol. The van der Waals surface area contributed by atoms with Crippen molar-refractivity contribution in [3.63, 3.8) is 0 Å². The lowest BCUT2D eigenvalue weighted by molar-refractivity contribution is -0.136. The maximum atomic E-state index is 12.1. The Morgan fingerprint density at radius 2 is 1.56 bits per heavy atom. The molecular formula is C19H28N4O2. The van der Waals surface area contributed by atoms with Gasteiger partial charge in [-0.15, -0.1) is 0 Å². The Balaban J connectivity index is 1.50. The molecule has 1 saturated carbocycles. The second-order valence-electron chi connectivity index (χ2n) is 7.10. The standard InChI is InChI=1S/C19H28N4O2/c1-22-11-13-23(14-12-22)17-9-7-16(8-10-17)21-19(25)18(24)20-15-5-3-2-4-6-15/h7-10,15H,2-6,11-14H2,1H3,(H,20,24)(H,21,25). The molecule has 1 aliphatic carbocycles. The van der Waals surface area contributed by atoms with Crippen LogP contribution < -0.4 is 15.5 Å². The molecule has 0 spiro atoms. The number of carbonyl (C=O) groups is 2. The Bertz CT molecular complexity index is 588. The zero-order valence-electron chi connectivity index (χ0n) is 15.0. The highest BCUT2D eigenvalue weighted by Crippen LogP contribution is 2.20. The normalized spacial score (nSPS) is 19.5. The number of nitrogens with one attached hydrogen (secondary N) is 2. The van der Waals surface area contributed by atoms with Crippen LogP contribution in [0.2, 0.25) is 0 Å². The summed E-state index contributed by atoms with van der Waals surface area (Å²) in [4.78, 5) is 28.7. The number of hydrogen-bond donors (Lipinski definition) is 2. The molecule has 136 valence electrons. The van der Waals surface area contributed by atoms with Crippen LogP contribution in [0.5, 0.6) is 0 Å². The molecule has 0 aromatic heterocycles. The molecule has 2 amide bonds. The number of rotatable bonds is 3. The molecule has 1 aromatic rings. The van der Waals surface area contributed by atoms with Crippen molar-refractivity contribution in [1.29, 1.82) is 0 Å². The predicted molar refractivity (Wildman–Crippen MR) is 99.8 cm³/mol. The van der Waals surface area contributed by atoms with Crippen LogP contribution in [0.4, 0.5) is 11.4 Å². The first-order valence-corrected chi connectivity index (χ1v) is 9.27. The zero-order chi connectivity index (χ0) is 17.6. The van der Waals surface area contributed by atoms with Crippen molar-refractivity contribution in [2.45, 2.75) is 38.1 Å². The minimum atomic E-state index is -0.585. The topological polar surface area (TPSA) is 64.7 Å². The number of hydrogen-bond acceptors (Lipinski definition) is 4. The molecule has 2 fully saturated rings. The van der Waals surface area contributed by atoms with Crippen LogP contribution in [-0.4, -0.2) is 56.0 Å². The number of carbonyl (C=O) groups excluding carboxylic acids is 2. The van der Waals surface area contributed by atoms with E-state index in [9.17, 15) is 9.59 Å². The van der Waals surface area contributed by atoms with Crippen LogP contribution in [0.3, 0.4) is 0 Å². The van der Waals surface area contributed by atoms with E-state index in [1.165, 1.54) is 6.42 Å². The molecule has 2 N–H and O–H groups in total. The molecule has 1 aliphatic heterocycles. The van der Waals surface area contributed by atoms with E-state index in [1.54, 1.807) is 0 Å². The molecule has 6 nitrogen and oxygen atoms in total. The summed E-state index contributed by atoms with van der Waals surface area (Å²) in [7, 11) is 2.13. The van der Waals surface area contributed by atoms with Crippen LogP contribution in [0.15, 0.2) is 24.3 Å². The van der Waals surface area contributed by atoms with Crippen molar-refractivity contribution in [1.82, 2.24) is 10.2 Å². The van der Waals surface area contributed by atoms with Gasteiger partial charge in [-0.25, -0.2) is 0 Å². The van der Waals surface area contributed by atoms with Gasteiger partial charge >= 0.3 is 11.8 Å². The average Bonchev–Trinajstić information content (AvgIpc) is 2.64. The third-order valence-corrected chi connectivity index (χ3v) is 5.14. The maximum Gasteiger partial charge on any atom is 0.313 e. The minimum Gasteiger partial charge on any atom is -0.369 e. The van der Waals surface area contributed by atoms with E-state index in [0.717, 1.165) is 57.5 Å². The van der Waals surface area contributed by atoms with Crippen LogP contribution in [0.25, 0.3) is 0 Å². The lowest BCUT2D eigenvalue weighted by Gasteiger charge is -2.34. The van der Waals surface area contributed by atoms with E-state index in [0.29, 0.717) is 5.69 Å². The predicted octanol–water partition coefficient (Wildman–Crippen LogP) is 1.83. The first kappa shape index (κ1) is 17.7. The Kier molecular flexibility index (Phi) is 5.91. The third-order valence-electron chi connectivity index (χ3n) is 5.14. The van der Waals surface area contributed by atoms with Gasteiger partial charge in [0.25, 0.3) is 0 Å². The lowest BCUT2D eigenvalue weighted by Crippen LogP contribution is -2.44. The van der Waals surface area contributed by atoms with Crippen molar-refractivity contribution in [3.8, 4) is 0 Å².